The van der Waals surface area contributed by atoms with Gasteiger partial charge in [-0.1, -0.05) is 11.6 Å². The maximum atomic E-state index is 15.4. The summed E-state index contributed by atoms with van der Waals surface area (Å²) in [6, 6.07) is 2.41. The van der Waals surface area contributed by atoms with Gasteiger partial charge in [-0.2, -0.15) is 5.10 Å². The average molecular weight is 559 g/mol. The molecule has 1 aromatic carbocycles. The molecular weight excluding hydrogens is 531 g/mol. The number of alkyl carbamates (subject to hydrolysis) is 1. The number of halogens is 2. The van der Waals surface area contributed by atoms with Crippen LogP contribution in [-0.2, 0) is 47.1 Å². The van der Waals surface area contributed by atoms with E-state index in [-0.39, 0.29) is 54.3 Å². The van der Waals surface area contributed by atoms with Gasteiger partial charge in [0.1, 0.15) is 24.2 Å². The van der Waals surface area contributed by atoms with Crippen LogP contribution in [0.25, 0.3) is 0 Å². The van der Waals surface area contributed by atoms with E-state index in [2.05, 4.69) is 20.6 Å². The second-order valence-corrected chi connectivity index (χ2v) is 11.0. The first kappa shape index (κ1) is 25.8. The van der Waals surface area contributed by atoms with Crippen molar-refractivity contribution < 1.29 is 28.3 Å². The molecule has 4 amide bonds. The number of imide groups is 1. The first-order valence-electron chi connectivity index (χ1n) is 13.1. The van der Waals surface area contributed by atoms with Gasteiger partial charge in [0.15, 0.2) is 0 Å². The standard InChI is InChI=1S/C26H28ClFN6O5/c27-19-7-15(23(28)22-18(19)12-33(25(22)37)20-3-4-21(35)30-24(20)36)9-29-26(38)39-13-16-8-17-11-32(10-14-1-2-14)5-6-34(17)31-16/h7-8,14,20H,1-6,9-13H2,(H,29,38)(H,30,35,36). The third-order valence-corrected chi connectivity index (χ3v) is 8.03. The van der Waals surface area contributed by atoms with Crippen LogP contribution in [0.15, 0.2) is 12.1 Å². The van der Waals surface area contributed by atoms with Gasteiger partial charge in [0.05, 0.1) is 17.8 Å². The number of aromatic nitrogens is 2. The molecule has 0 bridgehead atoms. The van der Waals surface area contributed by atoms with E-state index in [0.717, 1.165) is 37.8 Å². The molecule has 13 heteroatoms. The van der Waals surface area contributed by atoms with Gasteiger partial charge in [-0.3, -0.25) is 29.3 Å². The summed E-state index contributed by atoms with van der Waals surface area (Å²) in [5, 5.41) is 9.37. The summed E-state index contributed by atoms with van der Waals surface area (Å²) in [5.41, 5.74) is 1.79. The second kappa shape index (κ2) is 10.2. The number of amides is 4. The van der Waals surface area contributed by atoms with Crippen LogP contribution in [0, 0.1) is 11.7 Å². The van der Waals surface area contributed by atoms with E-state index in [1.54, 1.807) is 0 Å². The number of piperidine rings is 1. The fourth-order valence-corrected chi connectivity index (χ4v) is 5.76. The summed E-state index contributed by atoms with van der Waals surface area (Å²) in [5.74, 6) is -1.68. The van der Waals surface area contributed by atoms with E-state index in [1.165, 1.54) is 23.8 Å². The molecule has 11 nitrogen and oxygen atoms in total. The second-order valence-electron chi connectivity index (χ2n) is 10.5. The van der Waals surface area contributed by atoms with Gasteiger partial charge in [0.25, 0.3) is 5.91 Å². The molecule has 1 aliphatic carbocycles. The van der Waals surface area contributed by atoms with E-state index in [0.29, 0.717) is 5.69 Å². The molecule has 1 unspecified atom stereocenters. The largest absolute Gasteiger partial charge is 0.443 e. The smallest absolute Gasteiger partial charge is 0.407 e. The highest BCUT2D eigenvalue weighted by Gasteiger charge is 2.42. The lowest BCUT2D eigenvalue weighted by atomic mass is 10.0. The average Bonchev–Trinajstić information content (AvgIpc) is 3.51. The van der Waals surface area contributed by atoms with Crippen LogP contribution >= 0.6 is 11.6 Å². The first-order valence-corrected chi connectivity index (χ1v) is 13.5. The van der Waals surface area contributed by atoms with Crippen LogP contribution in [0.1, 0.15) is 58.6 Å². The number of fused-ring (bicyclic) bond motifs is 2. The molecule has 1 saturated carbocycles. The molecule has 0 spiro atoms. The predicted molar refractivity (Wildman–Crippen MR) is 135 cm³/mol. The van der Waals surface area contributed by atoms with Crippen molar-refractivity contribution in [3.8, 4) is 0 Å². The van der Waals surface area contributed by atoms with Crippen LogP contribution in [0.2, 0.25) is 5.02 Å². The van der Waals surface area contributed by atoms with Crippen LogP contribution in [0.5, 0.6) is 0 Å². The molecule has 4 aliphatic rings. The molecule has 3 aliphatic heterocycles. The molecule has 39 heavy (non-hydrogen) atoms. The molecule has 2 N–H and O–H groups in total. The lowest BCUT2D eigenvalue weighted by Crippen LogP contribution is -2.52. The van der Waals surface area contributed by atoms with Gasteiger partial charge in [-0.25, -0.2) is 9.18 Å². The number of nitrogens with zero attached hydrogens (tertiary/aromatic N) is 4. The van der Waals surface area contributed by atoms with E-state index in [9.17, 15) is 19.2 Å². The van der Waals surface area contributed by atoms with Gasteiger partial charge < -0.3 is 15.0 Å². The zero-order valence-corrected chi connectivity index (χ0v) is 21.9. The molecule has 2 fully saturated rings. The minimum absolute atomic E-state index is 0.0161. The van der Waals surface area contributed by atoms with Crippen molar-refractivity contribution >= 4 is 35.4 Å². The Morgan fingerprint density at radius 3 is 2.77 bits per heavy atom. The zero-order chi connectivity index (χ0) is 27.3. The van der Waals surface area contributed by atoms with E-state index >= 15 is 4.39 Å². The number of rotatable bonds is 7. The van der Waals surface area contributed by atoms with Gasteiger partial charge >= 0.3 is 6.09 Å². The number of benzene rings is 1. The van der Waals surface area contributed by atoms with Crippen molar-refractivity contribution in [3.63, 3.8) is 0 Å². The molecule has 1 aromatic heterocycles. The quantitative estimate of drug-likeness (QED) is 0.498. The highest BCUT2D eigenvalue weighted by atomic mass is 35.5. The van der Waals surface area contributed by atoms with Gasteiger partial charge in [-0.05, 0) is 37.3 Å². The number of hydrogen-bond donors (Lipinski definition) is 2. The topological polar surface area (TPSA) is 126 Å². The number of nitrogens with one attached hydrogen (secondary N) is 2. The molecule has 206 valence electrons. The van der Waals surface area contributed by atoms with E-state index < -0.39 is 35.7 Å². The van der Waals surface area contributed by atoms with Crippen LogP contribution in [0.3, 0.4) is 0 Å². The molecule has 1 atom stereocenters. The summed E-state index contributed by atoms with van der Waals surface area (Å²) in [6.45, 7) is 3.37. The Morgan fingerprint density at radius 2 is 2.00 bits per heavy atom. The highest BCUT2D eigenvalue weighted by Crippen LogP contribution is 2.35. The molecule has 6 rings (SSSR count). The number of ether oxygens (including phenoxy) is 1. The molecule has 0 radical (unpaired) electrons. The number of hydrogen-bond acceptors (Lipinski definition) is 7. The fourth-order valence-electron chi connectivity index (χ4n) is 5.47. The zero-order valence-electron chi connectivity index (χ0n) is 21.2. The molecular formula is C26H28ClFN6O5. The lowest BCUT2D eigenvalue weighted by Gasteiger charge is -2.29. The summed E-state index contributed by atoms with van der Waals surface area (Å²) in [6.07, 6.45) is 2.10. The number of carbonyl (C=O) groups excluding carboxylic acids is 4. The van der Waals surface area contributed by atoms with Crippen molar-refractivity contribution in [2.45, 2.75) is 64.5 Å². The molecule has 4 heterocycles. The minimum atomic E-state index is -0.885. The third kappa shape index (κ3) is 5.22. The Kier molecular flexibility index (Phi) is 6.76. The normalized spacial score (nSPS) is 21.0. The maximum Gasteiger partial charge on any atom is 0.407 e. The highest BCUT2D eigenvalue weighted by molar-refractivity contribution is 6.32. The van der Waals surface area contributed by atoms with Crippen LogP contribution < -0.4 is 10.6 Å². The summed E-state index contributed by atoms with van der Waals surface area (Å²) in [4.78, 5) is 52.8. The van der Waals surface area contributed by atoms with Crippen molar-refractivity contribution in [1.29, 1.82) is 0 Å². The summed E-state index contributed by atoms with van der Waals surface area (Å²) < 4.78 is 22.6. The Bertz CT molecular complexity index is 1380. The first-order chi connectivity index (χ1) is 18.8. The summed E-state index contributed by atoms with van der Waals surface area (Å²) in [7, 11) is 0. The van der Waals surface area contributed by atoms with Crippen molar-refractivity contribution in [3.05, 3.63) is 51.1 Å². The van der Waals surface area contributed by atoms with Gasteiger partial charge in [0, 0.05) is 55.3 Å². The minimum Gasteiger partial charge on any atom is -0.443 e. The number of carbonyl (C=O) groups is 4. The van der Waals surface area contributed by atoms with Crippen LogP contribution in [0.4, 0.5) is 9.18 Å². The van der Waals surface area contributed by atoms with Crippen molar-refractivity contribution in [2.75, 3.05) is 13.1 Å². The van der Waals surface area contributed by atoms with Crippen molar-refractivity contribution in [2.24, 2.45) is 5.92 Å². The fraction of sp³-hybridized carbons (Fsp3) is 0.500. The Labute approximate surface area is 228 Å². The summed E-state index contributed by atoms with van der Waals surface area (Å²) >= 11 is 6.37. The van der Waals surface area contributed by atoms with Crippen molar-refractivity contribution in [1.82, 2.24) is 30.2 Å². The molecule has 1 saturated heterocycles. The third-order valence-electron chi connectivity index (χ3n) is 7.70. The van der Waals surface area contributed by atoms with E-state index in [1.807, 2.05) is 10.7 Å². The van der Waals surface area contributed by atoms with E-state index in [4.69, 9.17) is 16.3 Å². The SMILES string of the molecule is O=C1CCC(N2Cc3c(Cl)cc(CNC(=O)OCc4cc5n(n4)CCN(CC4CC4)C5)c(F)c3C2=O)C(=O)N1. The lowest BCUT2D eigenvalue weighted by molar-refractivity contribution is -0.136. The Balaban J connectivity index is 1.05. The predicted octanol–water partition coefficient (Wildman–Crippen LogP) is 2.09. The Hall–Kier alpha value is -3.51. The maximum absolute atomic E-state index is 15.4. The molecule has 2 aromatic rings. The monoisotopic (exact) mass is 558 g/mol. The van der Waals surface area contributed by atoms with Gasteiger partial charge in [-0.15, -0.1) is 0 Å². The van der Waals surface area contributed by atoms with Gasteiger partial charge in [0.2, 0.25) is 11.8 Å². The van der Waals surface area contributed by atoms with Crippen LogP contribution in [-0.4, -0.2) is 62.5 Å². The Morgan fingerprint density at radius 1 is 1.18 bits per heavy atom.